The van der Waals surface area contributed by atoms with Gasteiger partial charge in [-0.15, -0.1) is 0 Å². The van der Waals surface area contributed by atoms with E-state index in [0.29, 0.717) is 0 Å². The van der Waals surface area contributed by atoms with Gasteiger partial charge in [0.1, 0.15) is 0 Å². The zero-order valence-electron chi connectivity index (χ0n) is 10.1. The van der Waals surface area contributed by atoms with Crippen molar-refractivity contribution in [1.82, 2.24) is 0 Å². The van der Waals surface area contributed by atoms with Gasteiger partial charge in [0.05, 0.1) is 6.10 Å². The zero-order chi connectivity index (χ0) is 12.3. The molecule has 2 rings (SSSR count). The van der Waals surface area contributed by atoms with Crippen molar-refractivity contribution >= 4 is 28.5 Å². The summed E-state index contributed by atoms with van der Waals surface area (Å²) in [4.78, 5) is 0.285. The number of fused-ring (bicyclic) bond motifs is 1. The molecule has 0 saturated carbocycles. The van der Waals surface area contributed by atoms with Gasteiger partial charge in [-0.05, 0) is 17.4 Å². The average Bonchev–Trinajstić information content (AvgIpc) is 2.68. The molecule has 0 aliphatic carbocycles. The maximum atomic E-state index is 9.83. The third kappa shape index (κ3) is 2.93. The Balaban J connectivity index is 2.03. The van der Waals surface area contributed by atoms with Crippen molar-refractivity contribution in [2.24, 2.45) is 0 Å². The van der Waals surface area contributed by atoms with Gasteiger partial charge >= 0.3 is 7.12 Å². The second kappa shape index (κ2) is 6.03. The van der Waals surface area contributed by atoms with E-state index in [4.69, 9.17) is 4.65 Å². The molecule has 1 aliphatic rings. The monoisotopic (exact) mass is 296 g/mol. The summed E-state index contributed by atoms with van der Waals surface area (Å²) in [6.45, 7) is 2.20. The Kier molecular flexibility index (Phi) is 4.65. The summed E-state index contributed by atoms with van der Waals surface area (Å²) in [6, 6.07) is 7.92. The lowest BCUT2D eigenvalue weighted by atomic mass is 9.79. The minimum absolute atomic E-state index is 0.0157. The normalized spacial score (nSPS) is 20.4. The molecule has 1 aliphatic heterocycles. The molecule has 1 aromatic rings. The van der Waals surface area contributed by atoms with E-state index in [0.717, 1.165) is 17.4 Å². The van der Waals surface area contributed by atoms with Crippen molar-refractivity contribution in [3.05, 3.63) is 29.8 Å². The average molecular weight is 297 g/mol. The topological polar surface area (TPSA) is 29.5 Å². The highest BCUT2D eigenvalue weighted by Gasteiger charge is 2.37. The summed E-state index contributed by atoms with van der Waals surface area (Å²) in [5.74, 6) is 0. The predicted octanol–water partition coefficient (Wildman–Crippen LogP) is 2.79. The van der Waals surface area contributed by atoms with Crippen molar-refractivity contribution in [2.75, 3.05) is 0 Å². The van der Waals surface area contributed by atoms with E-state index >= 15 is 0 Å². The van der Waals surface area contributed by atoms with Gasteiger partial charge in [-0.3, -0.25) is 0 Å². The Hall–Kier alpha value is -0.315. The standard InChI is InChI=1S/C13H18BBrO2/c1-2-3-4-9-12(15)13-10-7-5-6-8-11(10)14(16)17-13/h5-8,12-13,16H,2-4,9H2,1H3. The fraction of sp³-hybridized carbons (Fsp3) is 0.538. The molecule has 0 fully saturated rings. The largest absolute Gasteiger partial charge is 0.492 e. The number of hydrogen-bond donors (Lipinski definition) is 1. The Morgan fingerprint density at radius 1 is 1.41 bits per heavy atom. The van der Waals surface area contributed by atoms with Crippen molar-refractivity contribution in [3.63, 3.8) is 0 Å². The minimum atomic E-state index is -0.762. The third-order valence-corrected chi connectivity index (χ3v) is 4.19. The molecule has 4 heteroatoms. The van der Waals surface area contributed by atoms with Gasteiger partial charge in [-0.1, -0.05) is 66.4 Å². The highest BCUT2D eigenvalue weighted by molar-refractivity contribution is 9.09. The molecule has 0 aromatic heterocycles. The molecule has 17 heavy (non-hydrogen) atoms. The minimum Gasteiger partial charge on any atom is -0.423 e. The number of rotatable bonds is 5. The number of hydrogen-bond acceptors (Lipinski definition) is 2. The molecule has 2 atom stereocenters. The molecule has 92 valence electrons. The Morgan fingerprint density at radius 3 is 2.94 bits per heavy atom. The van der Waals surface area contributed by atoms with Crippen molar-refractivity contribution in [3.8, 4) is 0 Å². The van der Waals surface area contributed by atoms with Crippen LogP contribution >= 0.6 is 15.9 Å². The van der Waals surface area contributed by atoms with Gasteiger partial charge in [0, 0.05) is 4.83 Å². The van der Waals surface area contributed by atoms with Gasteiger partial charge in [0.2, 0.25) is 0 Å². The summed E-state index contributed by atoms with van der Waals surface area (Å²) < 4.78 is 5.63. The number of alkyl halides is 1. The van der Waals surface area contributed by atoms with E-state index in [1.165, 1.54) is 19.3 Å². The van der Waals surface area contributed by atoms with Gasteiger partial charge in [-0.25, -0.2) is 0 Å². The van der Waals surface area contributed by atoms with Crippen LogP contribution in [0, 0.1) is 0 Å². The maximum absolute atomic E-state index is 9.83. The highest BCUT2D eigenvalue weighted by Crippen LogP contribution is 2.33. The molecule has 0 radical (unpaired) electrons. The molecular formula is C13H18BBrO2. The third-order valence-electron chi connectivity index (χ3n) is 3.26. The molecule has 1 aromatic carbocycles. The highest BCUT2D eigenvalue weighted by atomic mass is 79.9. The fourth-order valence-electron chi connectivity index (χ4n) is 2.30. The molecule has 0 spiro atoms. The second-order valence-corrected chi connectivity index (χ2v) is 5.73. The van der Waals surface area contributed by atoms with E-state index in [2.05, 4.69) is 22.9 Å². The van der Waals surface area contributed by atoms with Crippen LogP contribution in [0.15, 0.2) is 24.3 Å². The molecule has 0 bridgehead atoms. The molecule has 2 nitrogen and oxygen atoms in total. The van der Waals surface area contributed by atoms with E-state index in [-0.39, 0.29) is 10.9 Å². The molecule has 1 heterocycles. The first kappa shape index (κ1) is 13.1. The number of halogens is 1. The lowest BCUT2D eigenvalue weighted by Crippen LogP contribution is -2.27. The van der Waals surface area contributed by atoms with Crippen LogP contribution in [0.25, 0.3) is 0 Å². The number of unbranched alkanes of at least 4 members (excludes halogenated alkanes) is 2. The van der Waals surface area contributed by atoms with Crippen LogP contribution in [-0.2, 0) is 4.65 Å². The summed E-state index contributed by atoms with van der Waals surface area (Å²) in [7, 11) is -0.762. The van der Waals surface area contributed by atoms with Crippen LogP contribution in [0.1, 0.15) is 44.3 Å². The molecule has 0 amide bonds. The van der Waals surface area contributed by atoms with Crippen LogP contribution in [0.3, 0.4) is 0 Å². The van der Waals surface area contributed by atoms with E-state index in [1.807, 2.05) is 24.3 Å². The molecule has 1 N–H and O–H groups in total. The fourth-order valence-corrected chi connectivity index (χ4v) is 3.03. The summed E-state index contributed by atoms with van der Waals surface area (Å²) in [5.41, 5.74) is 2.04. The lowest BCUT2D eigenvalue weighted by molar-refractivity contribution is 0.185. The van der Waals surface area contributed by atoms with E-state index in [1.54, 1.807) is 0 Å². The van der Waals surface area contributed by atoms with Gasteiger partial charge in [-0.2, -0.15) is 0 Å². The van der Waals surface area contributed by atoms with Gasteiger partial charge < -0.3 is 9.68 Å². The van der Waals surface area contributed by atoms with Crippen molar-refractivity contribution < 1.29 is 9.68 Å². The Labute approximate surface area is 112 Å². The lowest BCUT2D eigenvalue weighted by Gasteiger charge is -2.19. The summed E-state index contributed by atoms with van der Waals surface area (Å²) >= 11 is 3.70. The van der Waals surface area contributed by atoms with E-state index < -0.39 is 7.12 Å². The number of benzene rings is 1. The van der Waals surface area contributed by atoms with Crippen molar-refractivity contribution in [1.29, 1.82) is 0 Å². The first-order valence-electron chi connectivity index (χ1n) is 6.30. The summed E-state index contributed by atoms with van der Waals surface area (Å²) in [5, 5.41) is 9.83. The Morgan fingerprint density at radius 2 is 2.18 bits per heavy atom. The quantitative estimate of drug-likeness (QED) is 0.514. The zero-order valence-corrected chi connectivity index (χ0v) is 11.7. The molecule has 0 saturated heterocycles. The van der Waals surface area contributed by atoms with Crippen LogP contribution in [0.2, 0.25) is 0 Å². The molecular weight excluding hydrogens is 279 g/mol. The van der Waals surface area contributed by atoms with Crippen LogP contribution < -0.4 is 5.46 Å². The Bertz CT molecular complexity index is 372. The van der Waals surface area contributed by atoms with Gasteiger partial charge in [0.15, 0.2) is 0 Å². The van der Waals surface area contributed by atoms with Crippen LogP contribution in [0.5, 0.6) is 0 Å². The van der Waals surface area contributed by atoms with Crippen LogP contribution in [-0.4, -0.2) is 17.0 Å². The maximum Gasteiger partial charge on any atom is 0.492 e. The second-order valence-electron chi connectivity index (χ2n) is 4.55. The first-order chi connectivity index (χ1) is 8.24. The SMILES string of the molecule is CCCCCC(Br)C1OB(O)c2ccccc21. The molecule has 2 unspecified atom stereocenters. The predicted molar refractivity (Wildman–Crippen MR) is 74.7 cm³/mol. The first-order valence-corrected chi connectivity index (χ1v) is 7.22. The smallest absolute Gasteiger partial charge is 0.423 e. The van der Waals surface area contributed by atoms with Crippen molar-refractivity contribution in [2.45, 2.75) is 43.5 Å². The summed E-state index contributed by atoms with van der Waals surface area (Å²) in [6.07, 6.45) is 4.74. The van der Waals surface area contributed by atoms with E-state index in [9.17, 15) is 5.02 Å². The van der Waals surface area contributed by atoms with Gasteiger partial charge in [0.25, 0.3) is 0 Å². The van der Waals surface area contributed by atoms with Crippen LogP contribution in [0.4, 0.5) is 0 Å².